The van der Waals surface area contributed by atoms with Gasteiger partial charge in [-0.15, -0.1) is 0 Å². The summed E-state index contributed by atoms with van der Waals surface area (Å²) in [6, 6.07) is 0. The van der Waals surface area contributed by atoms with E-state index in [1.54, 1.807) is 6.08 Å². The van der Waals surface area contributed by atoms with Crippen molar-refractivity contribution in [1.29, 1.82) is 0 Å². The molecule has 1 aliphatic carbocycles. The van der Waals surface area contributed by atoms with E-state index in [1.165, 1.54) is 6.42 Å². The summed E-state index contributed by atoms with van der Waals surface area (Å²) in [7, 11) is 0. The van der Waals surface area contributed by atoms with Gasteiger partial charge in [-0.25, -0.2) is 0 Å². The first-order valence-electron chi connectivity index (χ1n) is 4.39. The van der Waals surface area contributed by atoms with E-state index in [-0.39, 0.29) is 0 Å². The second-order valence-electron chi connectivity index (χ2n) is 3.65. The molecule has 0 spiro atoms. The maximum absolute atomic E-state index is 11.1. The predicted octanol–water partition coefficient (Wildman–Crippen LogP) is 2.57. The van der Waals surface area contributed by atoms with Crippen LogP contribution < -0.4 is 0 Å². The molecule has 0 N–H and O–H groups in total. The average molecular weight is 152 g/mol. The van der Waals surface area contributed by atoms with Crippen molar-refractivity contribution < 1.29 is 4.79 Å². The minimum atomic E-state index is 0.307. The van der Waals surface area contributed by atoms with Gasteiger partial charge < -0.3 is 0 Å². The van der Waals surface area contributed by atoms with E-state index in [0.29, 0.717) is 17.6 Å². The van der Waals surface area contributed by atoms with Gasteiger partial charge in [-0.05, 0) is 30.8 Å². The molecule has 11 heavy (non-hydrogen) atoms. The van der Waals surface area contributed by atoms with E-state index in [1.807, 2.05) is 6.08 Å². The van der Waals surface area contributed by atoms with Gasteiger partial charge in [-0.2, -0.15) is 0 Å². The smallest absolute Gasteiger partial charge is 0.155 e. The lowest BCUT2D eigenvalue weighted by Gasteiger charge is -2.16. The molecule has 0 amide bonds. The van der Waals surface area contributed by atoms with Crippen LogP contribution in [0.2, 0.25) is 0 Å². The molecule has 1 atom stereocenters. The number of rotatable bonds is 1. The van der Waals surface area contributed by atoms with Crippen LogP contribution in [0.25, 0.3) is 0 Å². The highest BCUT2D eigenvalue weighted by atomic mass is 16.1. The van der Waals surface area contributed by atoms with Crippen LogP contribution in [0.1, 0.15) is 33.1 Å². The monoisotopic (exact) mass is 152 g/mol. The van der Waals surface area contributed by atoms with Gasteiger partial charge in [0.2, 0.25) is 0 Å². The molecule has 1 nitrogen and oxygen atoms in total. The van der Waals surface area contributed by atoms with Crippen LogP contribution in [-0.2, 0) is 4.79 Å². The third-order valence-electron chi connectivity index (χ3n) is 2.41. The van der Waals surface area contributed by atoms with Crippen LogP contribution >= 0.6 is 0 Å². The highest BCUT2D eigenvalue weighted by molar-refractivity contribution is 5.89. The minimum Gasteiger partial charge on any atom is -0.295 e. The molecule has 0 unspecified atom stereocenters. The molecule has 0 saturated carbocycles. The Balaban J connectivity index is 2.52. The highest BCUT2D eigenvalue weighted by Crippen LogP contribution is 2.23. The van der Waals surface area contributed by atoms with E-state index >= 15 is 0 Å². The number of hydrogen-bond donors (Lipinski definition) is 0. The van der Waals surface area contributed by atoms with E-state index < -0.39 is 0 Å². The Hall–Kier alpha value is -0.590. The molecule has 0 fully saturated rings. The van der Waals surface area contributed by atoms with E-state index in [4.69, 9.17) is 0 Å². The van der Waals surface area contributed by atoms with Crippen molar-refractivity contribution >= 4 is 5.78 Å². The van der Waals surface area contributed by atoms with Crippen molar-refractivity contribution in [2.24, 2.45) is 11.8 Å². The lowest BCUT2D eigenvalue weighted by molar-refractivity contribution is -0.115. The van der Waals surface area contributed by atoms with Crippen LogP contribution in [0.4, 0.5) is 0 Å². The zero-order valence-corrected chi connectivity index (χ0v) is 7.34. The van der Waals surface area contributed by atoms with Crippen molar-refractivity contribution in [2.75, 3.05) is 0 Å². The summed E-state index contributed by atoms with van der Waals surface area (Å²) in [4.78, 5) is 11.1. The average Bonchev–Trinajstić information content (AvgIpc) is 2.13. The molecule has 0 bridgehead atoms. The lowest BCUT2D eigenvalue weighted by Crippen LogP contribution is -2.11. The van der Waals surface area contributed by atoms with E-state index in [9.17, 15) is 4.79 Å². The zero-order chi connectivity index (χ0) is 8.27. The molecule has 1 rings (SSSR count). The summed E-state index contributed by atoms with van der Waals surface area (Å²) >= 11 is 0. The van der Waals surface area contributed by atoms with Crippen molar-refractivity contribution in [3.8, 4) is 0 Å². The molecule has 0 aromatic carbocycles. The van der Waals surface area contributed by atoms with E-state index in [0.717, 1.165) is 12.8 Å². The van der Waals surface area contributed by atoms with Crippen LogP contribution in [0.5, 0.6) is 0 Å². The first-order valence-corrected chi connectivity index (χ1v) is 4.39. The molecule has 1 aliphatic rings. The summed E-state index contributed by atoms with van der Waals surface area (Å²) in [6.07, 6.45) is 6.76. The predicted molar refractivity (Wildman–Crippen MR) is 46.3 cm³/mol. The largest absolute Gasteiger partial charge is 0.295 e. The fourth-order valence-electron chi connectivity index (χ4n) is 1.52. The Morgan fingerprint density at radius 2 is 2.27 bits per heavy atom. The number of carbonyl (C=O) groups excluding carboxylic acids is 1. The number of carbonyl (C=O) groups is 1. The second kappa shape index (κ2) is 3.70. The van der Waals surface area contributed by atoms with Gasteiger partial charge in [-0.3, -0.25) is 4.79 Å². The second-order valence-corrected chi connectivity index (χ2v) is 3.65. The number of allylic oxidation sites excluding steroid dienone is 2. The lowest BCUT2D eigenvalue weighted by atomic mass is 9.88. The third-order valence-corrected chi connectivity index (χ3v) is 2.41. The highest BCUT2D eigenvalue weighted by Gasteiger charge is 2.17. The van der Waals surface area contributed by atoms with Crippen LogP contribution in [0, 0.1) is 11.8 Å². The van der Waals surface area contributed by atoms with Gasteiger partial charge in [0.25, 0.3) is 0 Å². The Labute approximate surface area is 68.5 Å². The van der Waals surface area contributed by atoms with Gasteiger partial charge in [0, 0.05) is 6.42 Å². The Bertz CT molecular complexity index is 168. The molecule has 0 aromatic heterocycles. The van der Waals surface area contributed by atoms with Gasteiger partial charge in [0.05, 0.1) is 0 Å². The minimum absolute atomic E-state index is 0.307. The summed E-state index contributed by atoms with van der Waals surface area (Å²) in [6.45, 7) is 4.40. The first kappa shape index (κ1) is 8.51. The topological polar surface area (TPSA) is 17.1 Å². The Morgan fingerprint density at radius 1 is 1.55 bits per heavy atom. The SMILES string of the molecule is CC(C)[C@@H]1CCC=CC(=O)C1. The van der Waals surface area contributed by atoms with Gasteiger partial charge in [-0.1, -0.05) is 19.9 Å². The third kappa shape index (κ3) is 2.49. The van der Waals surface area contributed by atoms with Crippen LogP contribution in [-0.4, -0.2) is 5.78 Å². The fraction of sp³-hybridized carbons (Fsp3) is 0.700. The van der Waals surface area contributed by atoms with Gasteiger partial charge in [0.15, 0.2) is 5.78 Å². The summed E-state index contributed by atoms with van der Waals surface area (Å²) in [5.74, 6) is 1.57. The Morgan fingerprint density at radius 3 is 2.91 bits per heavy atom. The van der Waals surface area contributed by atoms with Crippen LogP contribution in [0.3, 0.4) is 0 Å². The maximum Gasteiger partial charge on any atom is 0.155 e. The fourth-order valence-corrected chi connectivity index (χ4v) is 1.52. The maximum atomic E-state index is 11.1. The molecule has 62 valence electrons. The molecule has 1 heteroatoms. The molecule has 0 saturated heterocycles. The van der Waals surface area contributed by atoms with E-state index in [2.05, 4.69) is 13.8 Å². The van der Waals surface area contributed by atoms with Gasteiger partial charge in [0.1, 0.15) is 0 Å². The summed E-state index contributed by atoms with van der Waals surface area (Å²) < 4.78 is 0. The quantitative estimate of drug-likeness (QED) is 0.564. The Kier molecular flexibility index (Phi) is 2.86. The van der Waals surface area contributed by atoms with Crippen molar-refractivity contribution in [3.63, 3.8) is 0 Å². The summed E-state index contributed by atoms with van der Waals surface area (Å²) in [5, 5.41) is 0. The molecule has 0 heterocycles. The first-order chi connectivity index (χ1) is 5.20. The van der Waals surface area contributed by atoms with Crippen molar-refractivity contribution in [3.05, 3.63) is 12.2 Å². The standard InChI is InChI=1S/C10H16O/c1-8(2)9-5-3-4-6-10(11)7-9/h4,6,8-9H,3,5,7H2,1-2H3/t9-/m1/s1. The number of ketones is 1. The molecule has 0 aliphatic heterocycles. The van der Waals surface area contributed by atoms with Crippen LogP contribution in [0.15, 0.2) is 12.2 Å². The zero-order valence-electron chi connectivity index (χ0n) is 7.34. The summed E-state index contributed by atoms with van der Waals surface area (Å²) in [5.41, 5.74) is 0. The normalized spacial score (nSPS) is 25.7. The van der Waals surface area contributed by atoms with Gasteiger partial charge >= 0.3 is 0 Å². The number of hydrogen-bond acceptors (Lipinski definition) is 1. The molecular weight excluding hydrogens is 136 g/mol. The molecule has 0 radical (unpaired) electrons. The van der Waals surface area contributed by atoms with Crippen molar-refractivity contribution in [2.45, 2.75) is 33.1 Å². The molecule has 0 aromatic rings. The molecular formula is C10H16O. The van der Waals surface area contributed by atoms with Crippen molar-refractivity contribution in [1.82, 2.24) is 0 Å².